The Morgan fingerprint density at radius 3 is 2.67 bits per heavy atom. The van der Waals surface area contributed by atoms with Gasteiger partial charge in [0.1, 0.15) is 0 Å². The molecule has 0 radical (unpaired) electrons. The van der Waals surface area contributed by atoms with Gasteiger partial charge >= 0.3 is 0 Å². The molecule has 5 rings (SSSR count). The van der Waals surface area contributed by atoms with Gasteiger partial charge in [-0.3, -0.25) is 9.78 Å². The number of allylic oxidation sites excluding steroid dienone is 2. The second-order valence-electron chi connectivity index (χ2n) is 8.77. The largest absolute Gasteiger partial charge is 0.306 e. The van der Waals surface area contributed by atoms with Gasteiger partial charge in [0.15, 0.2) is 0 Å². The van der Waals surface area contributed by atoms with Crippen LogP contribution in [0, 0.1) is 19.8 Å². The van der Waals surface area contributed by atoms with Gasteiger partial charge in [-0.05, 0) is 76.9 Å². The molecule has 6 nitrogen and oxygen atoms in total. The zero-order valence-electron chi connectivity index (χ0n) is 18.0. The van der Waals surface area contributed by atoms with Gasteiger partial charge in [-0.2, -0.15) is 5.10 Å². The van der Waals surface area contributed by atoms with E-state index in [4.69, 9.17) is 5.10 Å². The highest BCUT2D eigenvalue weighted by Gasteiger charge is 2.34. The highest BCUT2D eigenvalue weighted by molar-refractivity contribution is 7.51. The molecule has 1 fully saturated rings. The fourth-order valence-corrected chi connectivity index (χ4v) is 6.15. The summed E-state index contributed by atoms with van der Waals surface area (Å²) in [7, 11) is 2.67. The lowest BCUT2D eigenvalue weighted by Crippen LogP contribution is -2.39. The van der Waals surface area contributed by atoms with E-state index in [2.05, 4.69) is 42.2 Å². The van der Waals surface area contributed by atoms with Crippen LogP contribution in [0.15, 0.2) is 41.8 Å². The smallest absolute Gasteiger partial charge is 0.252 e. The first-order chi connectivity index (χ1) is 14.4. The molecule has 156 valence electrons. The Balaban J connectivity index is 1.45. The molecule has 3 aliphatic rings. The third kappa shape index (κ3) is 3.42. The van der Waals surface area contributed by atoms with Crippen LogP contribution in [0.3, 0.4) is 0 Å². The molecule has 7 heteroatoms. The predicted octanol–water partition coefficient (Wildman–Crippen LogP) is 3.72. The summed E-state index contributed by atoms with van der Waals surface area (Å²) in [6.07, 6.45) is 10.5. The highest BCUT2D eigenvalue weighted by Crippen LogP contribution is 2.47. The number of likely N-dealkylation sites (tertiary alicyclic amines) is 1. The van der Waals surface area contributed by atoms with Crippen LogP contribution >= 0.6 is 8.58 Å². The zero-order chi connectivity index (χ0) is 21.0. The molecule has 0 aromatic carbocycles. The summed E-state index contributed by atoms with van der Waals surface area (Å²) < 4.78 is 1.89. The average Bonchev–Trinajstić information content (AvgIpc) is 3.13. The summed E-state index contributed by atoms with van der Waals surface area (Å²) >= 11 is 0. The number of piperidine rings is 1. The number of nitrogens with zero attached hydrogens (tertiary/aromatic N) is 5. The van der Waals surface area contributed by atoms with Gasteiger partial charge in [-0.15, -0.1) is 0 Å². The van der Waals surface area contributed by atoms with E-state index in [-0.39, 0.29) is 11.7 Å². The number of hydrogen-bond acceptors (Lipinski definition) is 4. The van der Waals surface area contributed by atoms with Crippen LogP contribution in [-0.2, 0) is 4.79 Å². The van der Waals surface area contributed by atoms with E-state index in [1.165, 1.54) is 11.1 Å². The third-order valence-electron chi connectivity index (χ3n) is 6.43. The van der Waals surface area contributed by atoms with E-state index >= 15 is 0 Å². The quantitative estimate of drug-likeness (QED) is 0.694. The monoisotopic (exact) mass is 421 g/mol. The van der Waals surface area contributed by atoms with Crippen molar-refractivity contribution in [1.29, 1.82) is 0 Å². The molecule has 1 saturated heterocycles. The summed E-state index contributed by atoms with van der Waals surface area (Å²) in [6, 6.07) is 2.06. The SMILES string of the molecule is CC1=CC(C2CCN(C)CC2)=CN2C(=O)C=C(c3cc4c(C)nc(C)cn4n3)PC12. The predicted molar refractivity (Wildman–Crippen MR) is 121 cm³/mol. The van der Waals surface area contributed by atoms with Gasteiger partial charge < -0.3 is 9.80 Å². The van der Waals surface area contributed by atoms with Crippen molar-refractivity contribution in [1.82, 2.24) is 24.4 Å². The number of carbonyl (C=O) groups is 1. The van der Waals surface area contributed by atoms with Crippen LogP contribution in [0.1, 0.15) is 36.8 Å². The lowest BCUT2D eigenvalue weighted by molar-refractivity contribution is -0.123. The fraction of sp³-hybridized carbons (Fsp3) is 0.435. The number of hydrogen-bond donors (Lipinski definition) is 0. The molecule has 0 N–H and O–H groups in total. The number of aryl methyl sites for hydroxylation is 2. The van der Waals surface area contributed by atoms with Crippen molar-refractivity contribution in [3.8, 4) is 0 Å². The Bertz CT molecular complexity index is 1120. The molecule has 2 aromatic heterocycles. The van der Waals surface area contributed by atoms with Gasteiger partial charge in [0.2, 0.25) is 0 Å². The van der Waals surface area contributed by atoms with Crippen LogP contribution in [0.4, 0.5) is 0 Å². The highest BCUT2D eigenvalue weighted by atomic mass is 31.1. The van der Waals surface area contributed by atoms with Gasteiger partial charge in [-0.25, -0.2) is 4.52 Å². The molecule has 0 aliphatic carbocycles. The molecule has 2 aromatic rings. The Kier molecular flexibility index (Phi) is 4.87. The van der Waals surface area contributed by atoms with Crippen molar-refractivity contribution in [2.45, 2.75) is 39.4 Å². The Labute approximate surface area is 179 Å². The third-order valence-corrected chi connectivity index (χ3v) is 8.15. The first kappa shape index (κ1) is 19.7. The van der Waals surface area contributed by atoms with E-state index in [1.807, 2.05) is 29.5 Å². The second-order valence-corrected chi connectivity index (χ2v) is 10.1. The maximum atomic E-state index is 13.1. The standard InChI is InChI=1S/C23H28N5OP/c1-14-9-18(17-5-7-26(4)8-6-17)13-27-22(29)11-21(30-23(14)27)19-10-20-16(3)24-15(2)12-28(20)25-19/h9-13,17,23,30H,5-8H2,1-4H3. The van der Waals surface area contributed by atoms with E-state index in [1.54, 1.807) is 6.08 Å². The molecular weight excluding hydrogens is 393 g/mol. The normalized spacial score (nSPS) is 24.1. The van der Waals surface area contributed by atoms with Crippen molar-refractivity contribution in [3.05, 3.63) is 58.8 Å². The van der Waals surface area contributed by atoms with Crippen LogP contribution in [0.25, 0.3) is 10.8 Å². The fourth-order valence-electron chi connectivity index (χ4n) is 4.73. The molecule has 3 aliphatic heterocycles. The maximum absolute atomic E-state index is 13.1. The zero-order valence-corrected chi connectivity index (χ0v) is 19.0. The van der Waals surface area contributed by atoms with Gasteiger partial charge in [0, 0.05) is 17.6 Å². The average molecular weight is 421 g/mol. The molecule has 0 saturated carbocycles. The lowest BCUT2D eigenvalue weighted by Gasteiger charge is -2.39. The first-order valence-corrected chi connectivity index (χ1v) is 11.7. The molecule has 0 bridgehead atoms. The van der Waals surface area contributed by atoms with Crippen molar-refractivity contribution >= 4 is 25.3 Å². The number of fused-ring (bicyclic) bond motifs is 2. The minimum atomic E-state index is 0.0645. The summed E-state index contributed by atoms with van der Waals surface area (Å²) in [4.78, 5) is 22.0. The van der Waals surface area contributed by atoms with Crippen molar-refractivity contribution in [2.75, 3.05) is 20.1 Å². The summed E-state index contributed by atoms with van der Waals surface area (Å²) in [5.41, 5.74) is 6.37. The van der Waals surface area contributed by atoms with Gasteiger partial charge in [0.05, 0.1) is 34.6 Å². The van der Waals surface area contributed by atoms with Gasteiger partial charge in [0.25, 0.3) is 5.91 Å². The summed E-state index contributed by atoms with van der Waals surface area (Å²) in [6.45, 7) is 8.40. The van der Waals surface area contributed by atoms with E-state index in [9.17, 15) is 4.79 Å². The molecular formula is C23H28N5OP. The number of amides is 1. The topological polar surface area (TPSA) is 53.7 Å². The Morgan fingerprint density at radius 1 is 1.13 bits per heavy atom. The number of aromatic nitrogens is 3. The lowest BCUT2D eigenvalue weighted by atomic mass is 9.87. The summed E-state index contributed by atoms with van der Waals surface area (Å²) in [5.74, 6) is 0.726. The Morgan fingerprint density at radius 2 is 1.90 bits per heavy atom. The molecule has 0 spiro atoms. The second kappa shape index (κ2) is 7.44. The molecule has 2 atom stereocenters. The van der Waals surface area contributed by atoms with Crippen LogP contribution < -0.4 is 0 Å². The first-order valence-electron chi connectivity index (χ1n) is 10.6. The van der Waals surface area contributed by atoms with Gasteiger partial charge in [-0.1, -0.05) is 14.7 Å². The van der Waals surface area contributed by atoms with Crippen molar-refractivity contribution in [3.63, 3.8) is 0 Å². The molecule has 30 heavy (non-hydrogen) atoms. The van der Waals surface area contributed by atoms with E-state index in [0.29, 0.717) is 14.5 Å². The minimum Gasteiger partial charge on any atom is -0.306 e. The number of rotatable bonds is 2. The van der Waals surface area contributed by atoms with E-state index < -0.39 is 0 Å². The number of carbonyl (C=O) groups excluding carboxylic acids is 1. The van der Waals surface area contributed by atoms with Crippen molar-refractivity contribution < 1.29 is 4.79 Å². The molecule has 2 unspecified atom stereocenters. The summed E-state index contributed by atoms with van der Waals surface area (Å²) in [5, 5.41) is 5.79. The van der Waals surface area contributed by atoms with Crippen LogP contribution in [0.2, 0.25) is 0 Å². The Hall–Kier alpha value is -2.30. The van der Waals surface area contributed by atoms with Crippen LogP contribution in [-0.4, -0.2) is 56.2 Å². The molecule has 5 heterocycles. The van der Waals surface area contributed by atoms with Crippen molar-refractivity contribution in [2.24, 2.45) is 5.92 Å². The van der Waals surface area contributed by atoms with E-state index in [0.717, 1.165) is 53.8 Å². The molecule has 1 amide bonds. The minimum absolute atomic E-state index is 0.0645. The maximum Gasteiger partial charge on any atom is 0.252 e. The van der Waals surface area contributed by atoms with Crippen LogP contribution in [0.5, 0.6) is 0 Å².